The lowest BCUT2D eigenvalue weighted by molar-refractivity contribution is 0.146. The van der Waals surface area contributed by atoms with Crippen molar-refractivity contribution in [3.05, 3.63) is 71.8 Å². The summed E-state index contributed by atoms with van der Waals surface area (Å²) in [7, 11) is 0. The van der Waals surface area contributed by atoms with Crippen LogP contribution in [0.25, 0.3) is 0 Å². The van der Waals surface area contributed by atoms with E-state index < -0.39 is 18.8 Å². The summed E-state index contributed by atoms with van der Waals surface area (Å²) in [5.74, 6) is 1.78. The molecule has 2 aromatic rings. The summed E-state index contributed by atoms with van der Waals surface area (Å²) in [6.45, 7) is 1.59. The molecule has 0 aromatic heterocycles. The molecule has 0 amide bonds. The molecule has 0 aliphatic carbocycles. The molecule has 0 heterocycles. The Bertz CT molecular complexity index is 649. The molecule has 0 aliphatic heterocycles. The fourth-order valence-electron chi connectivity index (χ4n) is 3.28. The van der Waals surface area contributed by atoms with Gasteiger partial charge in [0.1, 0.15) is 6.17 Å². The number of nitrogens with one attached hydrogen (secondary N) is 1. The zero-order chi connectivity index (χ0) is 18.1. The summed E-state index contributed by atoms with van der Waals surface area (Å²) in [6, 6.07) is 18.4. The number of halogens is 2. The lowest BCUT2D eigenvalue weighted by Crippen LogP contribution is -2.44. The zero-order valence-electron chi connectivity index (χ0n) is 14.5. The van der Waals surface area contributed by atoms with Crippen LogP contribution in [0, 0.1) is 24.2 Å². The molecule has 132 valence electrons. The van der Waals surface area contributed by atoms with Gasteiger partial charge in [0.25, 0.3) is 0 Å². The second-order valence-electron chi connectivity index (χ2n) is 6.39. The number of terminal acetylenes is 1. The minimum atomic E-state index is -1.18. The summed E-state index contributed by atoms with van der Waals surface area (Å²) in [5.41, 5.74) is 1.65. The fourth-order valence-corrected chi connectivity index (χ4v) is 3.28. The maximum atomic E-state index is 15.0. The van der Waals surface area contributed by atoms with Crippen molar-refractivity contribution in [1.29, 1.82) is 0 Å². The van der Waals surface area contributed by atoms with Crippen LogP contribution in [-0.2, 0) is 6.42 Å². The summed E-state index contributed by atoms with van der Waals surface area (Å²) in [6.07, 6.45) is 4.73. The zero-order valence-corrected chi connectivity index (χ0v) is 14.5. The van der Waals surface area contributed by atoms with Gasteiger partial charge in [-0.25, -0.2) is 4.39 Å². The van der Waals surface area contributed by atoms with Crippen LogP contribution in [0.1, 0.15) is 24.2 Å². The Morgan fingerprint density at radius 3 is 2.20 bits per heavy atom. The molecule has 4 unspecified atom stereocenters. The average molecular weight is 341 g/mol. The molecule has 4 atom stereocenters. The minimum absolute atomic E-state index is 0.293. The van der Waals surface area contributed by atoms with Crippen molar-refractivity contribution in [2.75, 3.05) is 13.2 Å². The van der Waals surface area contributed by atoms with E-state index in [2.05, 4.69) is 11.2 Å². The molecule has 1 N–H and O–H groups in total. The van der Waals surface area contributed by atoms with Gasteiger partial charge in [0, 0.05) is 17.9 Å². The van der Waals surface area contributed by atoms with Gasteiger partial charge in [-0.3, -0.25) is 4.39 Å². The highest BCUT2D eigenvalue weighted by atomic mass is 19.1. The van der Waals surface area contributed by atoms with E-state index in [1.165, 1.54) is 0 Å². The van der Waals surface area contributed by atoms with E-state index in [4.69, 9.17) is 6.42 Å². The SMILES string of the molecule is C#CCNC(C(CF)Cc1ccccc1)C(C)C(F)c1ccccc1. The highest BCUT2D eigenvalue weighted by Gasteiger charge is 2.32. The first-order valence-corrected chi connectivity index (χ1v) is 8.63. The molecule has 25 heavy (non-hydrogen) atoms. The van der Waals surface area contributed by atoms with Crippen LogP contribution in [0.15, 0.2) is 60.7 Å². The van der Waals surface area contributed by atoms with Crippen LogP contribution in [0.4, 0.5) is 8.78 Å². The van der Waals surface area contributed by atoms with Crippen molar-refractivity contribution in [2.45, 2.75) is 25.6 Å². The van der Waals surface area contributed by atoms with Crippen LogP contribution in [-0.4, -0.2) is 19.3 Å². The third-order valence-corrected chi connectivity index (χ3v) is 4.63. The topological polar surface area (TPSA) is 12.0 Å². The summed E-state index contributed by atoms with van der Waals surface area (Å²) in [5, 5.41) is 3.18. The molecule has 0 spiro atoms. The number of hydrogen-bond acceptors (Lipinski definition) is 1. The van der Waals surface area contributed by atoms with Crippen molar-refractivity contribution in [2.24, 2.45) is 11.8 Å². The lowest BCUT2D eigenvalue weighted by Gasteiger charge is -2.33. The first kappa shape index (κ1) is 19.1. The van der Waals surface area contributed by atoms with Gasteiger partial charge in [0.15, 0.2) is 0 Å². The molecule has 0 bridgehead atoms. The Morgan fingerprint density at radius 2 is 1.64 bits per heavy atom. The third-order valence-electron chi connectivity index (χ3n) is 4.63. The maximum absolute atomic E-state index is 15.0. The number of benzene rings is 2. The van der Waals surface area contributed by atoms with E-state index in [0.29, 0.717) is 18.5 Å². The van der Waals surface area contributed by atoms with E-state index in [9.17, 15) is 4.39 Å². The summed E-state index contributed by atoms with van der Waals surface area (Å²) in [4.78, 5) is 0. The monoisotopic (exact) mass is 341 g/mol. The van der Waals surface area contributed by atoms with Gasteiger partial charge >= 0.3 is 0 Å². The van der Waals surface area contributed by atoms with Crippen LogP contribution < -0.4 is 5.32 Å². The Kier molecular flexibility index (Phi) is 7.63. The highest BCUT2D eigenvalue weighted by Crippen LogP contribution is 2.32. The standard InChI is InChI=1S/C22H25F2N/c1-3-14-25-22(17(2)21(24)19-12-8-5-9-13-19)20(16-23)15-18-10-6-4-7-11-18/h1,4-13,17,20-22,25H,14-16H2,2H3. The minimum Gasteiger partial charge on any atom is -0.303 e. The first-order valence-electron chi connectivity index (χ1n) is 8.63. The molecule has 0 radical (unpaired) electrons. The molecule has 0 aliphatic rings. The quantitative estimate of drug-likeness (QED) is 0.649. The molecule has 3 heteroatoms. The van der Waals surface area contributed by atoms with Gasteiger partial charge < -0.3 is 5.32 Å². The van der Waals surface area contributed by atoms with E-state index in [-0.39, 0.29) is 12.0 Å². The smallest absolute Gasteiger partial charge is 0.129 e. The first-order chi connectivity index (χ1) is 12.2. The largest absolute Gasteiger partial charge is 0.303 e. The molecule has 0 saturated carbocycles. The number of hydrogen-bond donors (Lipinski definition) is 1. The molecule has 2 aromatic carbocycles. The molecule has 0 saturated heterocycles. The normalized spacial score (nSPS) is 15.8. The van der Waals surface area contributed by atoms with Crippen molar-refractivity contribution < 1.29 is 8.78 Å². The van der Waals surface area contributed by atoms with Crippen LogP contribution in [0.2, 0.25) is 0 Å². The van der Waals surface area contributed by atoms with E-state index in [0.717, 1.165) is 5.56 Å². The predicted molar refractivity (Wildman–Crippen MR) is 99.7 cm³/mol. The Balaban J connectivity index is 2.19. The van der Waals surface area contributed by atoms with E-state index in [1.54, 1.807) is 12.1 Å². The van der Waals surface area contributed by atoms with E-state index >= 15 is 4.39 Å². The average Bonchev–Trinajstić information content (AvgIpc) is 2.67. The second-order valence-corrected chi connectivity index (χ2v) is 6.39. The van der Waals surface area contributed by atoms with Crippen LogP contribution in [0.5, 0.6) is 0 Å². The number of rotatable bonds is 9. The molecule has 0 fully saturated rings. The van der Waals surface area contributed by atoms with Crippen molar-refractivity contribution >= 4 is 0 Å². The molecule has 1 nitrogen and oxygen atoms in total. The Labute approximate surface area is 149 Å². The Hall–Kier alpha value is -2.18. The summed E-state index contributed by atoms with van der Waals surface area (Å²) >= 11 is 0. The van der Waals surface area contributed by atoms with Gasteiger partial charge in [-0.05, 0) is 17.5 Å². The highest BCUT2D eigenvalue weighted by molar-refractivity contribution is 5.19. The lowest BCUT2D eigenvalue weighted by atomic mass is 9.81. The van der Waals surface area contributed by atoms with Crippen LogP contribution >= 0.6 is 0 Å². The van der Waals surface area contributed by atoms with Crippen LogP contribution in [0.3, 0.4) is 0 Å². The second kappa shape index (κ2) is 9.96. The van der Waals surface area contributed by atoms with E-state index in [1.807, 2.05) is 55.5 Å². The summed E-state index contributed by atoms with van der Waals surface area (Å²) < 4.78 is 28.9. The van der Waals surface area contributed by atoms with Crippen molar-refractivity contribution in [1.82, 2.24) is 5.32 Å². The fraction of sp³-hybridized carbons (Fsp3) is 0.364. The number of alkyl halides is 2. The van der Waals surface area contributed by atoms with Gasteiger partial charge in [-0.2, -0.15) is 0 Å². The maximum Gasteiger partial charge on any atom is 0.129 e. The van der Waals surface area contributed by atoms with Gasteiger partial charge in [0.2, 0.25) is 0 Å². The van der Waals surface area contributed by atoms with Gasteiger partial charge in [-0.15, -0.1) is 6.42 Å². The molecular weight excluding hydrogens is 316 g/mol. The third kappa shape index (κ3) is 5.41. The van der Waals surface area contributed by atoms with Crippen molar-refractivity contribution in [3.63, 3.8) is 0 Å². The van der Waals surface area contributed by atoms with Gasteiger partial charge in [-0.1, -0.05) is 73.5 Å². The van der Waals surface area contributed by atoms with Crippen molar-refractivity contribution in [3.8, 4) is 12.3 Å². The van der Waals surface area contributed by atoms with Gasteiger partial charge in [0.05, 0.1) is 13.2 Å². The molecular formula is C22H25F2N. The Morgan fingerprint density at radius 1 is 1.04 bits per heavy atom. The molecule has 2 rings (SSSR count). The predicted octanol–water partition coefficient (Wildman–Crippen LogP) is 4.75.